The van der Waals surface area contributed by atoms with Gasteiger partial charge in [0, 0.05) is 52.4 Å². The van der Waals surface area contributed by atoms with Gasteiger partial charge < -0.3 is 24.4 Å². The zero-order valence-electron chi connectivity index (χ0n) is 18.7. The molecule has 0 unspecified atom stereocenters. The Morgan fingerprint density at radius 2 is 1.97 bits per heavy atom. The minimum absolute atomic E-state index is 0.246. The summed E-state index contributed by atoms with van der Waals surface area (Å²) in [5, 5.41) is 1.93. The lowest BCUT2D eigenvalue weighted by Gasteiger charge is -2.35. The minimum atomic E-state index is 0.246. The molecule has 7 heteroatoms. The zero-order valence-corrected chi connectivity index (χ0v) is 19.5. The van der Waals surface area contributed by atoms with Crippen LogP contribution < -0.4 is 14.5 Å². The first-order chi connectivity index (χ1) is 15.5. The third-order valence-corrected chi connectivity index (χ3v) is 7.15. The van der Waals surface area contributed by atoms with Gasteiger partial charge in [-0.25, -0.2) is 0 Å². The number of H-pyrrole nitrogens is 1. The summed E-state index contributed by atoms with van der Waals surface area (Å²) in [6.45, 7) is 7.93. The van der Waals surface area contributed by atoms with Gasteiger partial charge in [-0.05, 0) is 42.8 Å². The van der Waals surface area contributed by atoms with Gasteiger partial charge in [0.05, 0.1) is 33.3 Å². The van der Waals surface area contributed by atoms with Gasteiger partial charge in [-0.15, -0.1) is 0 Å². The van der Waals surface area contributed by atoms with E-state index in [0.717, 1.165) is 60.8 Å². The molecule has 6 nitrogen and oxygen atoms in total. The molecule has 2 N–H and O–H groups in total. The summed E-state index contributed by atoms with van der Waals surface area (Å²) >= 11 is 6.21. The zero-order chi connectivity index (χ0) is 22.2. The number of hydrogen-bond donors (Lipinski definition) is 2. The predicted molar refractivity (Wildman–Crippen MR) is 128 cm³/mol. The van der Waals surface area contributed by atoms with E-state index in [1.54, 1.807) is 7.11 Å². The molecule has 0 radical (unpaired) electrons. The highest BCUT2D eigenvalue weighted by atomic mass is 35.5. The maximum Gasteiger partial charge on any atom is 0.278 e. The molecule has 3 heterocycles. The lowest BCUT2D eigenvalue weighted by molar-refractivity contribution is -0.892. The lowest BCUT2D eigenvalue weighted by Crippen LogP contribution is -3.15. The number of hydrogen-bond acceptors (Lipinski definition) is 3. The van der Waals surface area contributed by atoms with E-state index < -0.39 is 0 Å². The standard InChI is InChI=1S/C25H29ClN4O2/c1-17-3-4-18(26)13-24(17)29-11-9-28(10-12-29)16-25(31)30-8-7-23-21(15-30)20-14-19(32-2)5-6-22(20)27-23/h3-6,13-14,27H,7-12,15-16H2,1-2H3/p+1. The molecule has 5 rings (SSSR count). The summed E-state index contributed by atoms with van der Waals surface area (Å²) in [6, 6.07) is 12.2. The van der Waals surface area contributed by atoms with Gasteiger partial charge in [0.2, 0.25) is 0 Å². The van der Waals surface area contributed by atoms with Crippen molar-refractivity contribution in [3.63, 3.8) is 0 Å². The second-order valence-electron chi connectivity index (χ2n) is 8.90. The number of fused-ring (bicyclic) bond motifs is 3. The van der Waals surface area contributed by atoms with Crippen molar-refractivity contribution in [2.75, 3.05) is 51.3 Å². The third kappa shape index (κ3) is 4.05. The summed E-state index contributed by atoms with van der Waals surface area (Å²) in [6.07, 6.45) is 0.870. The number of nitrogens with one attached hydrogen (secondary N) is 2. The van der Waals surface area contributed by atoms with Crippen LogP contribution in [0.15, 0.2) is 36.4 Å². The van der Waals surface area contributed by atoms with E-state index in [4.69, 9.17) is 16.3 Å². The summed E-state index contributed by atoms with van der Waals surface area (Å²) < 4.78 is 5.40. The Morgan fingerprint density at radius 1 is 1.16 bits per heavy atom. The third-order valence-electron chi connectivity index (χ3n) is 6.92. The molecule has 1 amide bonds. The maximum atomic E-state index is 13.1. The minimum Gasteiger partial charge on any atom is -0.497 e. The lowest BCUT2D eigenvalue weighted by atomic mass is 10.0. The summed E-state index contributed by atoms with van der Waals surface area (Å²) in [7, 11) is 1.69. The van der Waals surface area contributed by atoms with Crippen molar-refractivity contribution in [1.82, 2.24) is 9.88 Å². The molecule has 2 aromatic carbocycles. The van der Waals surface area contributed by atoms with Crippen LogP contribution in [0, 0.1) is 6.92 Å². The van der Waals surface area contributed by atoms with Crippen LogP contribution in [-0.2, 0) is 17.8 Å². The van der Waals surface area contributed by atoms with E-state index in [0.29, 0.717) is 13.1 Å². The highest BCUT2D eigenvalue weighted by Crippen LogP contribution is 2.30. The van der Waals surface area contributed by atoms with Crippen molar-refractivity contribution in [2.24, 2.45) is 0 Å². The van der Waals surface area contributed by atoms with Crippen molar-refractivity contribution in [3.05, 3.63) is 58.2 Å². The van der Waals surface area contributed by atoms with Crippen LogP contribution in [-0.4, -0.2) is 62.2 Å². The second-order valence-corrected chi connectivity index (χ2v) is 9.34. The number of aromatic nitrogens is 1. The van der Waals surface area contributed by atoms with Gasteiger partial charge >= 0.3 is 0 Å². The number of halogens is 1. The van der Waals surface area contributed by atoms with E-state index in [1.165, 1.54) is 27.4 Å². The molecule has 0 bridgehead atoms. The van der Waals surface area contributed by atoms with Crippen LogP contribution in [0.25, 0.3) is 10.9 Å². The van der Waals surface area contributed by atoms with Crippen molar-refractivity contribution in [3.8, 4) is 5.75 Å². The van der Waals surface area contributed by atoms with Crippen LogP contribution in [0.1, 0.15) is 16.8 Å². The van der Waals surface area contributed by atoms with E-state index in [2.05, 4.69) is 41.1 Å². The number of methoxy groups -OCH3 is 1. The van der Waals surface area contributed by atoms with Gasteiger partial charge in [-0.1, -0.05) is 17.7 Å². The van der Waals surface area contributed by atoms with Crippen LogP contribution >= 0.6 is 11.6 Å². The van der Waals surface area contributed by atoms with Gasteiger partial charge in [0.1, 0.15) is 5.75 Å². The van der Waals surface area contributed by atoms with Crippen LogP contribution in [0.3, 0.4) is 0 Å². The van der Waals surface area contributed by atoms with Crippen LogP contribution in [0.5, 0.6) is 5.75 Å². The molecular formula is C25H30ClN4O2+. The molecule has 1 fully saturated rings. The number of piperazine rings is 1. The first kappa shape index (κ1) is 21.2. The van der Waals surface area contributed by atoms with E-state index in [-0.39, 0.29) is 5.91 Å². The average molecular weight is 454 g/mol. The summed E-state index contributed by atoms with van der Waals surface area (Å²) in [5.41, 5.74) is 6.04. The predicted octanol–water partition coefficient (Wildman–Crippen LogP) is 2.43. The number of rotatable bonds is 4. The van der Waals surface area contributed by atoms with Gasteiger partial charge in [0.15, 0.2) is 6.54 Å². The van der Waals surface area contributed by atoms with Crippen molar-refractivity contribution >= 4 is 34.1 Å². The first-order valence-electron chi connectivity index (χ1n) is 11.3. The van der Waals surface area contributed by atoms with Gasteiger partial charge in [0.25, 0.3) is 5.91 Å². The molecule has 32 heavy (non-hydrogen) atoms. The van der Waals surface area contributed by atoms with Crippen LogP contribution in [0.2, 0.25) is 5.02 Å². The quantitative estimate of drug-likeness (QED) is 0.638. The number of carbonyl (C=O) groups is 1. The number of benzene rings is 2. The average Bonchev–Trinajstić information content (AvgIpc) is 3.18. The van der Waals surface area contributed by atoms with Gasteiger partial charge in [-0.3, -0.25) is 4.79 Å². The molecule has 168 valence electrons. The Bertz CT molecular complexity index is 1150. The smallest absolute Gasteiger partial charge is 0.278 e. The number of quaternary nitrogens is 1. The molecule has 1 aromatic heterocycles. The normalized spacial score (nSPS) is 17.0. The fourth-order valence-corrected chi connectivity index (χ4v) is 5.19. The molecule has 0 atom stereocenters. The Labute approximate surface area is 193 Å². The maximum absolute atomic E-state index is 13.1. The molecule has 2 aliphatic heterocycles. The molecular weight excluding hydrogens is 424 g/mol. The number of aryl methyl sites for hydroxylation is 1. The topological polar surface area (TPSA) is 53.0 Å². The number of nitrogens with zero attached hydrogens (tertiary/aromatic N) is 2. The van der Waals surface area contributed by atoms with E-state index in [9.17, 15) is 4.79 Å². The molecule has 0 aliphatic carbocycles. The molecule has 0 saturated carbocycles. The first-order valence-corrected chi connectivity index (χ1v) is 11.7. The number of aromatic amines is 1. The number of anilines is 1. The molecule has 1 saturated heterocycles. The molecule has 0 spiro atoms. The van der Waals surface area contributed by atoms with Crippen LogP contribution in [0.4, 0.5) is 5.69 Å². The monoisotopic (exact) mass is 453 g/mol. The van der Waals surface area contributed by atoms with E-state index >= 15 is 0 Å². The Balaban J connectivity index is 1.22. The number of carbonyl (C=O) groups excluding carboxylic acids is 1. The summed E-state index contributed by atoms with van der Waals surface area (Å²) in [5.74, 6) is 1.09. The van der Waals surface area contributed by atoms with Crippen molar-refractivity contribution in [1.29, 1.82) is 0 Å². The SMILES string of the molecule is COc1ccc2[nH]c3c(c2c1)CN(C(=O)C[NH+]1CCN(c2cc(Cl)ccc2C)CC1)CC3. The largest absolute Gasteiger partial charge is 0.497 e. The number of ether oxygens (including phenoxy) is 1. The summed E-state index contributed by atoms with van der Waals surface area (Å²) in [4.78, 5) is 22.4. The van der Waals surface area contributed by atoms with E-state index in [1.807, 2.05) is 17.0 Å². The van der Waals surface area contributed by atoms with Gasteiger partial charge in [-0.2, -0.15) is 0 Å². The Kier molecular flexibility index (Phi) is 5.74. The fourth-order valence-electron chi connectivity index (χ4n) is 5.02. The fraction of sp³-hybridized carbons (Fsp3) is 0.400. The Morgan fingerprint density at radius 3 is 2.75 bits per heavy atom. The van der Waals surface area contributed by atoms with Crippen molar-refractivity contribution in [2.45, 2.75) is 19.9 Å². The second kappa shape index (κ2) is 8.68. The molecule has 2 aliphatic rings. The highest BCUT2D eigenvalue weighted by molar-refractivity contribution is 6.30. The Hall–Kier alpha value is -2.70. The number of amides is 1. The highest BCUT2D eigenvalue weighted by Gasteiger charge is 2.29. The van der Waals surface area contributed by atoms with Crippen molar-refractivity contribution < 1.29 is 14.4 Å². The molecule has 3 aromatic rings.